The topological polar surface area (TPSA) is 54.9 Å². The van der Waals surface area contributed by atoms with Crippen molar-refractivity contribution < 1.29 is 14.3 Å². The number of rotatable bonds is 6. The summed E-state index contributed by atoms with van der Waals surface area (Å²) < 4.78 is 11.0. The van der Waals surface area contributed by atoms with Gasteiger partial charge in [-0.1, -0.05) is 36.4 Å². The fraction of sp³-hybridized carbons (Fsp3) is 0.308. The molecule has 6 heteroatoms. The second kappa shape index (κ2) is 9.83. The Hall–Kier alpha value is -3.38. The number of para-hydroxylation sites is 1. The Kier molecular flexibility index (Phi) is 6.71. The minimum absolute atomic E-state index is 0.0168. The van der Waals surface area contributed by atoms with Crippen LogP contribution in [0.2, 0.25) is 0 Å². The van der Waals surface area contributed by atoms with Crippen LogP contribution in [0.25, 0.3) is 17.0 Å². The van der Waals surface area contributed by atoms with Gasteiger partial charge in [-0.05, 0) is 30.7 Å². The number of hydrogen-bond acceptors (Lipinski definition) is 5. The first-order valence-corrected chi connectivity index (χ1v) is 10.9. The van der Waals surface area contributed by atoms with Gasteiger partial charge in [0.15, 0.2) is 11.5 Å². The summed E-state index contributed by atoms with van der Waals surface area (Å²) in [5.41, 5.74) is 3.72. The van der Waals surface area contributed by atoms with E-state index < -0.39 is 0 Å². The molecule has 2 aromatic carbocycles. The summed E-state index contributed by atoms with van der Waals surface area (Å²) in [5.74, 6) is 1.22. The first-order chi connectivity index (χ1) is 15.6. The standard InChI is InChI=1S/C26H29N3O3/c1-4-7-20-16-22(17-23(31-2)25(20)32-3)26(30)29-14-12-28(13-15-29)18-21-9-5-8-19-10-6-11-27-24(19)21/h4-11,16-17H,12-15,18H2,1-3H3/b7-4+. The van der Waals surface area contributed by atoms with E-state index in [9.17, 15) is 4.79 Å². The van der Waals surface area contributed by atoms with Crippen molar-refractivity contribution in [2.45, 2.75) is 13.5 Å². The van der Waals surface area contributed by atoms with Crippen molar-refractivity contribution in [3.63, 3.8) is 0 Å². The Balaban J connectivity index is 1.46. The second-order valence-corrected chi connectivity index (χ2v) is 7.86. The third kappa shape index (κ3) is 4.46. The van der Waals surface area contributed by atoms with Crippen LogP contribution in [0.4, 0.5) is 0 Å². The van der Waals surface area contributed by atoms with Crippen molar-refractivity contribution in [3.8, 4) is 11.5 Å². The first-order valence-electron chi connectivity index (χ1n) is 10.9. The molecule has 1 aliphatic rings. The van der Waals surface area contributed by atoms with Gasteiger partial charge in [0.25, 0.3) is 5.91 Å². The number of carbonyl (C=O) groups is 1. The zero-order chi connectivity index (χ0) is 22.5. The minimum Gasteiger partial charge on any atom is -0.493 e. The van der Waals surface area contributed by atoms with Crippen LogP contribution in [0.15, 0.2) is 54.7 Å². The molecule has 6 nitrogen and oxygen atoms in total. The lowest BCUT2D eigenvalue weighted by Crippen LogP contribution is -2.48. The minimum atomic E-state index is 0.0168. The molecule has 0 N–H and O–H groups in total. The highest BCUT2D eigenvalue weighted by Gasteiger charge is 2.24. The van der Waals surface area contributed by atoms with Crippen molar-refractivity contribution in [3.05, 3.63) is 71.4 Å². The Morgan fingerprint density at radius 1 is 1.06 bits per heavy atom. The number of ether oxygens (including phenoxy) is 2. The van der Waals surface area contributed by atoms with Gasteiger partial charge in [-0.15, -0.1) is 0 Å². The average molecular weight is 432 g/mol. The highest BCUT2D eigenvalue weighted by Crippen LogP contribution is 2.34. The molecule has 1 saturated heterocycles. The number of fused-ring (bicyclic) bond motifs is 1. The lowest BCUT2D eigenvalue weighted by Gasteiger charge is -2.35. The Morgan fingerprint density at radius 2 is 1.84 bits per heavy atom. The van der Waals surface area contributed by atoms with Gasteiger partial charge in [0.2, 0.25) is 0 Å². The molecule has 0 radical (unpaired) electrons. The number of piperazine rings is 1. The highest BCUT2D eigenvalue weighted by molar-refractivity contribution is 5.96. The van der Waals surface area contributed by atoms with E-state index in [-0.39, 0.29) is 5.91 Å². The van der Waals surface area contributed by atoms with E-state index in [2.05, 4.69) is 34.1 Å². The van der Waals surface area contributed by atoms with E-state index in [0.29, 0.717) is 30.2 Å². The van der Waals surface area contributed by atoms with Crippen molar-refractivity contribution in [2.24, 2.45) is 0 Å². The van der Waals surface area contributed by atoms with Crippen molar-refractivity contribution in [2.75, 3.05) is 40.4 Å². The highest BCUT2D eigenvalue weighted by atomic mass is 16.5. The maximum Gasteiger partial charge on any atom is 0.254 e. The number of carbonyl (C=O) groups excluding carboxylic acids is 1. The number of benzene rings is 2. The molecular weight excluding hydrogens is 402 g/mol. The average Bonchev–Trinajstić information content (AvgIpc) is 2.84. The zero-order valence-electron chi connectivity index (χ0n) is 18.9. The summed E-state index contributed by atoms with van der Waals surface area (Å²) in [6, 6.07) is 14.0. The van der Waals surface area contributed by atoms with Gasteiger partial charge in [-0.3, -0.25) is 14.7 Å². The predicted octanol–water partition coefficient (Wildman–Crippen LogP) is 4.24. The Labute approximate surface area is 189 Å². The molecule has 1 aliphatic heterocycles. The number of methoxy groups -OCH3 is 2. The second-order valence-electron chi connectivity index (χ2n) is 7.86. The fourth-order valence-corrected chi connectivity index (χ4v) is 4.25. The number of pyridine rings is 1. The maximum atomic E-state index is 13.2. The Bertz CT molecular complexity index is 1130. The molecule has 0 aliphatic carbocycles. The zero-order valence-corrected chi connectivity index (χ0v) is 18.9. The van der Waals surface area contributed by atoms with Crippen LogP contribution < -0.4 is 9.47 Å². The number of amides is 1. The summed E-state index contributed by atoms with van der Waals surface area (Å²) in [7, 11) is 3.20. The molecule has 32 heavy (non-hydrogen) atoms. The van der Waals surface area contributed by atoms with E-state index in [1.807, 2.05) is 42.3 Å². The molecule has 1 aromatic heterocycles. The lowest BCUT2D eigenvalue weighted by molar-refractivity contribution is 0.0628. The lowest BCUT2D eigenvalue weighted by atomic mass is 10.1. The smallest absolute Gasteiger partial charge is 0.254 e. The summed E-state index contributed by atoms with van der Waals surface area (Å²) in [6.45, 7) is 5.78. The molecule has 0 spiro atoms. The van der Waals surface area contributed by atoms with Crippen LogP contribution in [0.5, 0.6) is 11.5 Å². The van der Waals surface area contributed by atoms with Crippen LogP contribution in [0, 0.1) is 0 Å². The van der Waals surface area contributed by atoms with E-state index in [0.717, 1.165) is 36.1 Å². The van der Waals surface area contributed by atoms with Gasteiger partial charge in [-0.2, -0.15) is 0 Å². The largest absolute Gasteiger partial charge is 0.493 e. The van der Waals surface area contributed by atoms with Crippen LogP contribution in [0.3, 0.4) is 0 Å². The van der Waals surface area contributed by atoms with Gasteiger partial charge in [0.1, 0.15) is 0 Å². The SMILES string of the molecule is C/C=C/c1cc(C(=O)N2CCN(Cc3cccc4cccnc34)CC2)cc(OC)c1OC. The van der Waals surface area contributed by atoms with Crippen LogP contribution >= 0.6 is 0 Å². The molecule has 0 bridgehead atoms. The summed E-state index contributed by atoms with van der Waals surface area (Å²) in [5, 5.41) is 1.16. The Morgan fingerprint density at radius 3 is 2.56 bits per heavy atom. The van der Waals surface area contributed by atoms with Crippen molar-refractivity contribution in [1.82, 2.24) is 14.8 Å². The quantitative estimate of drug-likeness (QED) is 0.584. The fourth-order valence-electron chi connectivity index (χ4n) is 4.25. The van der Waals surface area contributed by atoms with Gasteiger partial charge in [-0.25, -0.2) is 0 Å². The van der Waals surface area contributed by atoms with E-state index in [4.69, 9.17) is 9.47 Å². The third-order valence-corrected chi connectivity index (χ3v) is 5.87. The summed E-state index contributed by atoms with van der Waals surface area (Å²) in [6.07, 6.45) is 5.69. The monoisotopic (exact) mass is 431 g/mol. The van der Waals surface area contributed by atoms with Gasteiger partial charge in [0.05, 0.1) is 19.7 Å². The molecular formula is C26H29N3O3. The first kappa shape index (κ1) is 21.8. The maximum absolute atomic E-state index is 13.2. The van der Waals surface area contributed by atoms with E-state index >= 15 is 0 Å². The summed E-state index contributed by atoms with van der Waals surface area (Å²) in [4.78, 5) is 22.1. The molecule has 4 rings (SSSR count). The van der Waals surface area contributed by atoms with Crippen LogP contribution in [-0.4, -0.2) is 61.1 Å². The van der Waals surface area contributed by atoms with E-state index in [1.165, 1.54) is 5.56 Å². The number of nitrogens with zero attached hydrogens (tertiary/aromatic N) is 3. The predicted molar refractivity (Wildman–Crippen MR) is 127 cm³/mol. The van der Waals surface area contributed by atoms with Gasteiger partial charge < -0.3 is 14.4 Å². The number of allylic oxidation sites excluding steroid dienone is 1. The molecule has 3 aromatic rings. The molecule has 0 unspecified atom stereocenters. The van der Waals surface area contributed by atoms with Crippen molar-refractivity contribution >= 4 is 22.9 Å². The number of aromatic nitrogens is 1. The van der Waals surface area contributed by atoms with Gasteiger partial charge >= 0.3 is 0 Å². The van der Waals surface area contributed by atoms with Crippen LogP contribution in [-0.2, 0) is 6.54 Å². The summed E-state index contributed by atoms with van der Waals surface area (Å²) >= 11 is 0. The molecule has 166 valence electrons. The van der Waals surface area contributed by atoms with Crippen LogP contribution in [0.1, 0.15) is 28.4 Å². The van der Waals surface area contributed by atoms with Gasteiger partial charge in [0, 0.05) is 55.4 Å². The molecule has 0 saturated carbocycles. The number of hydrogen-bond donors (Lipinski definition) is 0. The third-order valence-electron chi connectivity index (χ3n) is 5.87. The molecule has 0 atom stereocenters. The molecule has 1 fully saturated rings. The normalized spacial score (nSPS) is 14.8. The molecule has 2 heterocycles. The van der Waals surface area contributed by atoms with Crippen molar-refractivity contribution in [1.29, 1.82) is 0 Å². The molecule has 1 amide bonds. The van der Waals surface area contributed by atoms with E-state index in [1.54, 1.807) is 20.3 Å².